The molecule has 0 aliphatic carbocycles. The van der Waals surface area contributed by atoms with E-state index in [1.165, 1.54) is 0 Å². The maximum Gasteiger partial charge on any atom is 3.00 e. The zero-order valence-electron chi connectivity index (χ0n) is 19.7. The minimum absolute atomic E-state index is 0. The molecule has 0 saturated carbocycles. The number of hydrogen-bond acceptors (Lipinski definition) is 15. The van der Waals surface area contributed by atoms with E-state index in [9.17, 15) is 73.8 Å². The molecular formula is C18H21Fe2N3O15. The van der Waals surface area contributed by atoms with Gasteiger partial charge in [0.15, 0.2) is 0 Å². The Balaban J connectivity index is -0.000000140. The average molecular weight is 631 g/mol. The molecule has 214 valence electrons. The van der Waals surface area contributed by atoms with Crippen LogP contribution in [0, 0.1) is 0 Å². The first-order valence-corrected chi connectivity index (χ1v) is 9.33. The van der Waals surface area contributed by atoms with E-state index in [0.29, 0.717) is 0 Å². The van der Waals surface area contributed by atoms with E-state index in [2.05, 4.69) is 0 Å². The Kier molecular flexibility index (Phi) is 27.6. The van der Waals surface area contributed by atoms with Gasteiger partial charge in [0.05, 0.1) is 36.0 Å². The SMILES string of the molecule is CC(=O)N[C@@H](CC(=O)[O-])C(=O)[O-].CC(=O)N[C@@H](CC(=O)[O-])C(=O)[O-].CC(=O)N[C@@H](CC(=O)[O-])C(=O)[O-].[Fe+3].[Fe+3]. The van der Waals surface area contributed by atoms with Crippen molar-refractivity contribution in [1.82, 2.24) is 16.0 Å². The van der Waals surface area contributed by atoms with Crippen LogP contribution in [0.2, 0.25) is 0 Å². The molecule has 0 aromatic heterocycles. The summed E-state index contributed by atoms with van der Waals surface area (Å²) in [5.41, 5.74) is 0. The molecule has 0 fully saturated rings. The molecule has 18 nitrogen and oxygen atoms in total. The molecule has 3 atom stereocenters. The number of rotatable bonds is 12. The number of carboxylic acid groups (broad SMARTS) is 6. The van der Waals surface area contributed by atoms with E-state index in [-0.39, 0.29) is 34.1 Å². The standard InChI is InChI=1S/3C6H9NO5.2Fe/c3*1-3(8)7-4(6(11)12)2-5(9)10;;/h3*4H,2H2,1H3,(H,7,8)(H,9,10)(H,11,12);;/q;;;2*+3/p-6/t3*4-;;/m000../s1. The molecule has 2 radical (unpaired) electrons. The first kappa shape index (κ1) is 44.3. The maximum absolute atomic E-state index is 10.3. The molecule has 3 amide bonds. The van der Waals surface area contributed by atoms with Gasteiger partial charge in [-0.05, 0) is 0 Å². The second-order valence-corrected chi connectivity index (χ2v) is 6.44. The fraction of sp³-hybridized carbons (Fsp3) is 0.500. The zero-order chi connectivity index (χ0) is 29.2. The van der Waals surface area contributed by atoms with Gasteiger partial charge in [-0.3, -0.25) is 14.4 Å². The summed E-state index contributed by atoms with van der Waals surface area (Å²) >= 11 is 0. The van der Waals surface area contributed by atoms with E-state index in [1.54, 1.807) is 0 Å². The summed E-state index contributed by atoms with van der Waals surface area (Å²) in [5, 5.41) is 66.0. The normalized spacial score (nSPS) is 11.1. The van der Waals surface area contributed by atoms with Crippen LogP contribution >= 0.6 is 0 Å². The molecular weight excluding hydrogens is 610 g/mol. The average Bonchev–Trinajstić information content (AvgIpc) is 2.65. The Morgan fingerprint density at radius 2 is 0.605 bits per heavy atom. The Labute approximate surface area is 235 Å². The van der Waals surface area contributed by atoms with Crippen LogP contribution in [0.15, 0.2) is 0 Å². The molecule has 0 spiro atoms. The molecule has 0 heterocycles. The van der Waals surface area contributed by atoms with Gasteiger partial charge >= 0.3 is 34.1 Å². The molecule has 38 heavy (non-hydrogen) atoms. The molecule has 0 aromatic rings. The number of carbonyl (C=O) groups excluding carboxylic acids is 9. The number of nitrogens with one attached hydrogen (secondary N) is 3. The Hall–Kier alpha value is -3.73. The van der Waals surface area contributed by atoms with Crippen molar-refractivity contribution in [3.63, 3.8) is 0 Å². The minimum Gasteiger partial charge on any atom is -0.550 e. The minimum atomic E-state index is -1.64. The van der Waals surface area contributed by atoms with Crippen LogP contribution in [0.5, 0.6) is 0 Å². The number of amides is 3. The largest absolute Gasteiger partial charge is 3.00 e. The maximum atomic E-state index is 10.3. The molecule has 0 aromatic carbocycles. The third kappa shape index (κ3) is 30.3. The third-order valence-electron chi connectivity index (χ3n) is 3.10. The number of carbonyl (C=O) groups is 9. The number of carboxylic acids is 6. The van der Waals surface area contributed by atoms with Crippen molar-refractivity contribution in [3.8, 4) is 0 Å². The Morgan fingerprint density at radius 1 is 0.447 bits per heavy atom. The summed E-state index contributed by atoms with van der Waals surface area (Å²) in [5.74, 6) is -11.5. The smallest absolute Gasteiger partial charge is 0.550 e. The van der Waals surface area contributed by atoms with Gasteiger partial charge in [-0.2, -0.15) is 0 Å². The van der Waals surface area contributed by atoms with Gasteiger partial charge in [-0.1, -0.05) is 0 Å². The van der Waals surface area contributed by atoms with Crippen molar-refractivity contribution < 1.29 is 108 Å². The first-order valence-electron chi connectivity index (χ1n) is 9.33. The fourth-order valence-corrected chi connectivity index (χ4v) is 1.82. The molecule has 0 rings (SSSR count). The van der Waals surface area contributed by atoms with Crippen LogP contribution in [0.25, 0.3) is 0 Å². The van der Waals surface area contributed by atoms with Crippen molar-refractivity contribution in [2.75, 3.05) is 0 Å². The molecule has 3 N–H and O–H groups in total. The topological polar surface area (TPSA) is 328 Å². The Bertz CT molecular complexity index is 709. The van der Waals surface area contributed by atoms with E-state index >= 15 is 0 Å². The predicted octanol–water partition coefficient (Wildman–Crippen LogP) is -10.9. The van der Waals surface area contributed by atoms with Crippen LogP contribution in [-0.4, -0.2) is 71.7 Å². The van der Waals surface area contributed by atoms with Gasteiger partial charge in [-0.15, -0.1) is 0 Å². The first-order chi connectivity index (χ1) is 16.3. The zero-order valence-corrected chi connectivity index (χ0v) is 21.9. The quantitative estimate of drug-likeness (QED) is 0.168. The van der Waals surface area contributed by atoms with Gasteiger partial charge in [0.1, 0.15) is 0 Å². The molecule has 0 aliphatic heterocycles. The molecule has 0 saturated heterocycles. The predicted molar refractivity (Wildman–Crippen MR) is 96.7 cm³/mol. The summed E-state index contributed by atoms with van der Waals surface area (Å²) in [6.45, 7) is 3.22. The van der Waals surface area contributed by atoms with E-state index in [0.717, 1.165) is 20.8 Å². The van der Waals surface area contributed by atoms with Gasteiger partial charge < -0.3 is 75.4 Å². The van der Waals surface area contributed by atoms with Crippen LogP contribution < -0.4 is 46.6 Å². The van der Waals surface area contributed by atoms with Crippen molar-refractivity contribution in [1.29, 1.82) is 0 Å². The summed E-state index contributed by atoms with van der Waals surface area (Å²) in [6.07, 6.45) is -2.37. The summed E-state index contributed by atoms with van der Waals surface area (Å²) in [4.78, 5) is 91.3. The Morgan fingerprint density at radius 3 is 0.684 bits per heavy atom. The molecule has 0 bridgehead atoms. The van der Waals surface area contributed by atoms with Crippen LogP contribution in [-0.2, 0) is 77.3 Å². The molecule has 0 aliphatic rings. The van der Waals surface area contributed by atoms with Crippen LogP contribution in [0.4, 0.5) is 0 Å². The monoisotopic (exact) mass is 631 g/mol. The van der Waals surface area contributed by atoms with Gasteiger partial charge in [-0.25, -0.2) is 0 Å². The van der Waals surface area contributed by atoms with E-state index < -0.39 is 90.9 Å². The van der Waals surface area contributed by atoms with Gasteiger partial charge in [0.2, 0.25) is 17.7 Å². The summed E-state index contributed by atoms with van der Waals surface area (Å²) < 4.78 is 0. The summed E-state index contributed by atoms with van der Waals surface area (Å²) in [6, 6.07) is -4.56. The molecule has 0 unspecified atom stereocenters. The van der Waals surface area contributed by atoms with Crippen molar-refractivity contribution in [3.05, 3.63) is 0 Å². The van der Waals surface area contributed by atoms with Crippen molar-refractivity contribution in [2.24, 2.45) is 0 Å². The number of aliphatic carboxylic acids is 6. The second kappa shape index (κ2) is 23.7. The van der Waals surface area contributed by atoms with E-state index in [4.69, 9.17) is 0 Å². The second-order valence-electron chi connectivity index (χ2n) is 6.44. The fourth-order valence-electron chi connectivity index (χ4n) is 1.82. The van der Waals surface area contributed by atoms with Crippen LogP contribution in [0.1, 0.15) is 40.0 Å². The van der Waals surface area contributed by atoms with Crippen molar-refractivity contribution >= 4 is 53.5 Å². The molecule has 20 heteroatoms. The summed E-state index contributed by atoms with van der Waals surface area (Å²) in [7, 11) is 0. The van der Waals surface area contributed by atoms with Crippen molar-refractivity contribution in [2.45, 2.75) is 58.2 Å². The van der Waals surface area contributed by atoms with Gasteiger partial charge in [0.25, 0.3) is 0 Å². The third-order valence-corrected chi connectivity index (χ3v) is 3.10. The van der Waals surface area contributed by atoms with Crippen LogP contribution in [0.3, 0.4) is 0 Å². The number of hydrogen-bond donors (Lipinski definition) is 3. The van der Waals surface area contributed by atoms with E-state index in [1.807, 2.05) is 16.0 Å². The van der Waals surface area contributed by atoms with Gasteiger partial charge in [0, 0.05) is 57.9 Å².